The number of pyridine rings is 1. The molecule has 4 atom stereocenters. The predicted molar refractivity (Wildman–Crippen MR) is 132 cm³/mol. The maximum atomic E-state index is 14.4. The highest BCUT2D eigenvalue weighted by Gasteiger charge is 2.53. The molecule has 0 aliphatic heterocycles. The first-order valence-electron chi connectivity index (χ1n) is 12.4. The number of carbonyl (C=O) groups is 3. The van der Waals surface area contributed by atoms with E-state index in [9.17, 15) is 32.7 Å². The van der Waals surface area contributed by atoms with Gasteiger partial charge in [0.25, 0.3) is 5.91 Å². The number of hydrogen-bond donors (Lipinski definition) is 1. The van der Waals surface area contributed by atoms with Crippen LogP contribution in [0.5, 0.6) is 0 Å². The molecule has 2 fully saturated rings. The van der Waals surface area contributed by atoms with Crippen LogP contribution < -0.4 is 0 Å². The number of carboxylic acids is 1. The minimum absolute atomic E-state index is 0.0101. The van der Waals surface area contributed by atoms with E-state index in [1.165, 1.54) is 12.4 Å². The summed E-state index contributed by atoms with van der Waals surface area (Å²) in [5, 5.41) is 13.4. The summed E-state index contributed by atoms with van der Waals surface area (Å²) in [5.41, 5.74) is -1.68. The topological polar surface area (TPSA) is 105 Å². The normalized spacial score (nSPS) is 23.1. The molecule has 0 aromatic carbocycles. The van der Waals surface area contributed by atoms with Crippen molar-refractivity contribution in [3.63, 3.8) is 0 Å². The quantitative estimate of drug-likeness (QED) is 0.466. The Kier molecular flexibility index (Phi) is 7.37. The number of nitrogens with zero attached hydrogens (tertiary/aromatic N) is 4. The molecule has 38 heavy (non-hydrogen) atoms. The number of aryl methyl sites for hydroxylation is 1. The molecule has 0 radical (unpaired) electrons. The first-order valence-corrected chi connectivity index (χ1v) is 12.8. The average molecular weight is 555 g/mol. The Morgan fingerprint density at radius 1 is 1.13 bits per heavy atom. The lowest BCUT2D eigenvalue weighted by Gasteiger charge is -2.41. The van der Waals surface area contributed by atoms with E-state index in [1.807, 2.05) is 20.8 Å². The molecular weight excluding hydrogens is 525 g/mol. The number of ketones is 1. The van der Waals surface area contributed by atoms with Gasteiger partial charge >= 0.3 is 12.1 Å². The Hall–Kier alpha value is -2.95. The van der Waals surface area contributed by atoms with Crippen molar-refractivity contribution in [3.05, 3.63) is 46.0 Å². The van der Waals surface area contributed by atoms with Gasteiger partial charge in [0.15, 0.2) is 11.5 Å². The number of aliphatic carboxylic acids is 1. The monoisotopic (exact) mass is 554 g/mol. The molecule has 2 unspecified atom stereocenters. The van der Waals surface area contributed by atoms with Crippen molar-refractivity contribution in [2.75, 3.05) is 13.1 Å². The van der Waals surface area contributed by atoms with E-state index in [2.05, 4.69) is 10.1 Å². The Morgan fingerprint density at radius 3 is 2.39 bits per heavy atom. The van der Waals surface area contributed by atoms with Gasteiger partial charge in [0.1, 0.15) is 0 Å². The first-order chi connectivity index (χ1) is 17.6. The van der Waals surface area contributed by atoms with Gasteiger partial charge in [-0.05, 0) is 49.0 Å². The number of halogens is 4. The Bertz CT molecular complexity index is 1250. The summed E-state index contributed by atoms with van der Waals surface area (Å²) >= 11 is 6.17. The molecule has 1 amide bonds. The zero-order chi connectivity index (χ0) is 28.2. The van der Waals surface area contributed by atoms with Crippen LogP contribution in [0, 0.1) is 30.1 Å². The van der Waals surface area contributed by atoms with Gasteiger partial charge in [-0.2, -0.15) is 18.3 Å². The van der Waals surface area contributed by atoms with Crippen molar-refractivity contribution in [2.45, 2.75) is 59.2 Å². The maximum absolute atomic E-state index is 14.4. The number of aromatic nitrogens is 3. The van der Waals surface area contributed by atoms with Gasteiger partial charge in [-0.25, -0.2) is 0 Å². The van der Waals surface area contributed by atoms with Crippen LogP contribution in [0.1, 0.15) is 78.0 Å². The highest BCUT2D eigenvalue weighted by molar-refractivity contribution is 6.34. The van der Waals surface area contributed by atoms with Crippen LogP contribution >= 0.6 is 11.6 Å². The van der Waals surface area contributed by atoms with Gasteiger partial charge < -0.3 is 10.0 Å². The molecule has 2 aliphatic carbocycles. The largest absolute Gasteiger partial charge is 0.481 e. The van der Waals surface area contributed by atoms with Crippen LogP contribution in [0.25, 0.3) is 0 Å². The van der Waals surface area contributed by atoms with Crippen LogP contribution in [0.15, 0.2) is 18.6 Å². The van der Waals surface area contributed by atoms with Crippen LogP contribution in [-0.2, 0) is 11.0 Å². The lowest BCUT2D eigenvalue weighted by atomic mass is 9.71. The molecule has 12 heteroatoms. The molecule has 0 spiro atoms. The van der Waals surface area contributed by atoms with Crippen molar-refractivity contribution in [1.29, 1.82) is 0 Å². The van der Waals surface area contributed by atoms with Crippen LogP contribution in [0.3, 0.4) is 0 Å². The number of carbonyl (C=O) groups excluding carboxylic acids is 2. The van der Waals surface area contributed by atoms with Crippen molar-refractivity contribution in [1.82, 2.24) is 19.7 Å². The summed E-state index contributed by atoms with van der Waals surface area (Å²) in [5.74, 6) is -3.23. The Labute approximate surface area is 223 Å². The number of Topliss-reactive ketones (excluding diaryl/α,β-unsaturated/α-hetero) is 1. The van der Waals surface area contributed by atoms with Gasteiger partial charge in [-0.15, -0.1) is 0 Å². The molecule has 8 nitrogen and oxygen atoms in total. The number of carboxylic acid groups (broad SMARTS) is 1. The Balaban J connectivity index is 1.67. The molecule has 2 aliphatic rings. The van der Waals surface area contributed by atoms with E-state index < -0.39 is 59.0 Å². The van der Waals surface area contributed by atoms with E-state index in [0.717, 1.165) is 15.8 Å². The number of alkyl halides is 3. The zero-order valence-electron chi connectivity index (χ0n) is 21.5. The molecule has 0 saturated heterocycles. The molecule has 2 aromatic rings. The van der Waals surface area contributed by atoms with E-state index in [4.69, 9.17) is 11.6 Å². The second kappa shape index (κ2) is 9.98. The van der Waals surface area contributed by atoms with Crippen LogP contribution in [0.2, 0.25) is 5.02 Å². The minimum Gasteiger partial charge on any atom is -0.481 e. The second-order valence-electron chi connectivity index (χ2n) is 11.5. The molecule has 2 aromatic heterocycles. The summed E-state index contributed by atoms with van der Waals surface area (Å²) in [6, 6.07) is -0.640. The molecular formula is C26H30ClF3N4O4. The summed E-state index contributed by atoms with van der Waals surface area (Å²) < 4.78 is 44.0. The number of hydrogen-bond acceptors (Lipinski definition) is 5. The molecule has 1 N–H and O–H groups in total. The van der Waals surface area contributed by atoms with E-state index >= 15 is 0 Å². The summed E-state index contributed by atoms with van der Waals surface area (Å²) in [4.78, 5) is 43.3. The van der Waals surface area contributed by atoms with Crippen LogP contribution in [0.4, 0.5) is 13.2 Å². The second-order valence-corrected chi connectivity index (χ2v) is 11.9. The van der Waals surface area contributed by atoms with Crippen molar-refractivity contribution >= 4 is 29.3 Å². The van der Waals surface area contributed by atoms with Crippen LogP contribution in [-0.4, -0.2) is 55.5 Å². The number of fused-ring (bicyclic) bond motifs is 1. The minimum atomic E-state index is -4.89. The third kappa shape index (κ3) is 5.43. The molecule has 0 bridgehead atoms. The van der Waals surface area contributed by atoms with Gasteiger partial charge in [-0.1, -0.05) is 32.4 Å². The van der Waals surface area contributed by atoms with E-state index in [1.54, 1.807) is 6.92 Å². The van der Waals surface area contributed by atoms with Gasteiger partial charge in [0, 0.05) is 24.5 Å². The third-order valence-electron chi connectivity index (χ3n) is 7.40. The first kappa shape index (κ1) is 28.1. The highest BCUT2D eigenvalue weighted by atomic mass is 35.5. The van der Waals surface area contributed by atoms with Crippen molar-refractivity contribution in [2.24, 2.45) is 23.2 Å². The average Bonchev–Trinajstić information content (AvgIpc) is 3.34. The maximum Gasteiger partial charge on any atom is 0.433 e. The fraction of sp³-hybridized carbons (Fsp3) is 0.577. The molecule has 206 valence electrons. The van der Waals surface area contributed by atoms with Gasteiger partial charge in [0.05, 0.1) is 35.3 Å². The molecule has 2 heterocycles. The summed E-state index contributed by atoms with van der Waals surface area (Å²) in [6.07, 6.45) is -0.146. The predicted octanol–water partition coefficient (Wildman–Crippen LogP) is 5.30. The fourth-order valence-corrected chi connectivity index (χ4v) is 6.12. The summed E-state index contributed by atoms with van der Waals surface area (Å²) in [6.45, 7) is 6.60. The SMILES string of the molecule is Cc1cncc(Cl)c1C(=O)CN(CC(C)(C)C)C(=O)c1cnn([C@@H]2CC3C[C@H](C(=O)O)CC32)c1C(F)(F)F. The summed E-state index contributed by atoms with van der Waals surface area (Å²) in [7, 11) is 0. The zero-order valence-corrected chi connectivity index (χ0v) is 22.3. The van der Waals surface area contributed by atoms with E-state index in [0.29, 0.717) is 18.4 Å². The lowest BCUT2D eigenvalue weighted by molar-refractivity contribution is -0.147. The standard InChI is InChI=1S/C26H30ClF3N4O4/c1-13-8-31-10-18(27)21(13)20(35)11-33(12-25(2,3)4)23(36)17-9-32-34(22(17)26(28,29)30)19-7-14-5-15(24(37)38)6-16(14)19/h8-10,14-16,19H,5-7,11-12H2,1-4H3,(H,37,38)/t14?,15-,16?,19+/m0/s1. The lowest BCUT2D eigenvalue weighted by Crippen LogP contribution is -2.42. The molecule has 2 saturated carbocycles. The number of amides is 1. The van der Waals surface area contributed by atoms with Crippen molar-refractivity contribution < 1.29 is 32.7 Å². The number of rotatable bonds is 7. The fourth-order valence-electron chi connectivity index (χ4n) is 5.80. The highest BCUT2D eigenvalue weighted by Crippen LogP contribution is 2.56. The van der Waals surface area contributed by atoms with Crippen molar-refractivity contribution in [3.8, 4) is 0 Å². The Morgan fingerprint density at radius 2 is 1.82 bits per heavy atom. The third-order valence-corrected chi connectivity index (χ3v) is 7.69. The molecule has 4 rings (SSSR count). The van der Waals surface area contributed by atoms with E-state index in [-0.39, 0.29) is 35.4 Å². The van der Waals surface area contributed by atoms with Gasteiger partial charge in [-0.3, -0.25) is 24.0 Å². The smallest absolute Gasteiger partial charge is 0.433 e. The van der Waals surface area contributed by atoms with Gasteiger partial charge in [0.2, 0.25) is 0 Å².